The van der Waals surface area contributed by atoms with Crippen LogP contribution in [0.2, 0.25) is 0 Å². The summed E-state index contributed by atoms with van der Waals surface area (Å²) in [6, 6.07) is -0.983. The van der Waals surface area contributed by atoms with Crippen molar-refractivity contribution in [1.82, 2.24) is 4.90 Å². The average molecular weight is 735 g/mol. The predicted molar refractivity (Wildman–Crippen MR) is 189 cm³/mol. The molecule has 3 aliphatic heterocycles. The van der Waals surface area contributed by atoms with E-state index in [1.807, 2.05) is 32.8 Å². The van der Waals surface area contributed by atoms with E-state index in [0.717, 1.165) is 0 Å². The van der Waals surface area contributed by atoms with Crippen LogP contribution in [0.5, 0.6) is 0 Å². The number of nitrogens with zero attached hydrogens (tertiary/aromatic N) is 1. The van der Waals surface area contributed by atoms with Gasteiger partial charge in [-0.3, -0.25) is 4.79 Å². The van der Waals surface area contributed by atoms with Gasteiger partial charge in [0.1, 0.15) is 23.9 Å². The average Bonchev–Trinajstić information content (AvgIpc) is 3.05. The third kappa shape index (κ3) is 9.63. The molecule has 0 spiro atoms. The number of nitrogens with two attached hydrogens (primary N) is 1. The minimum Gasteiger partial charge on any atom is -0.459 e. The van der Waals surface area contributed by atoms with Crippen LogP contribution < -0.4 is 5.73 Å². The zero-order valence-corrected chi connectivity index (χ0v) is 33.2. The topological polar surface area (TPSA) is 203 Å². The highest BCUT2D eigenvalue weighted by Crippen LogP contribution is 2.41. The molecule has 19 atom stereocenters. The van der Waals surface area contributed by atoms with Crippen molar-refractivity contribution in [2.24, 2.45) is 29.4 Å². The van der Waals surface area contributed by atoms with Crippen LogP contribution in [0.15, 0.2) is 0 Å². The molecule has 51 heavy (non-hydrogen) atoms. The van der Waals surface area contributed by atoms with Gasteiger partial charge in [-0.1, -0.05) is 27.7 Å². The second kappa shape index (κ2) is 17.2. The molecule has 2 unspecified atom stereocenters. The summed E-state index contributed by atoms with van der Waals surface area (Å²) >= 11 is 0. The maximum Gasteiger partial charge on any atom is 0.311 e. The summed E-state index contributed by atoms with van der Waals surface area (Å²) in [4.78, 5) is 16.0. The normalized spacial score (nSPS) is 51.2. The molecule has 0 radical (unpaired) electrons. The molecule has 0 saturated carbocycles. The van der Waals surface area contributed by atoms with Gasteiger partial charge in [0.2, 0.25) is 0 Å². The Morgan fingerprint density at radius 1 is 0.922 bits per heavy atom. The smallest absolute Gasteiger partial charge is 0.311 e. The molecule has 0 amide bonds. The number of carbonyl (C=O) groups is 1. The summed E-state index contributed by atoms with van der Waals surface area (Å²) in [6.45, 7) is 17.2. The Kier molecular flexibility index (Phi) is 15.0. The van der Waals surface area contributed by atoms with Gasteiger partial charge in [0, 0.05) is 37.5 Å². The Hall–Kier alpha value is -1.01. The van der Waals surface area contributed by atoms with E-state index in [4.69, 9.17) is 34.2 Å². The highest BCUT2D eigenvalue weighted by molar-refractivity contribution is 5.73. The molecule has 7 N–H and O–H groups in total. The van der Waals surface area contributed by atoms with E-state index in [0.29, 0.717) is 6.42 Å². The molecule has 0 aliphatic carbocycles. The third-order valence-corrected chi connectivity index (χ3v) is 12.2. The molecule has 3 aliphatic rings. The zero-order valence-electron chi connectivity index (χ0n) is 33.2. The lowest BCUT2D eigenvalue weighted by Crippen LogP contribution is -2.62. The summed E-state index contributed by atoms with van der Waals surface area (Å²) in [5.74, 6) is -3.57. The number of carbonyl (C=O) groups excluding carboxylic acids is 1. The van der Waals surface area contributed by atoms with Gasteiger partial charge in [0.05, 0.1) is 47.6 Å². The fraction of sp³-hybridized carbons (Fsp3) is 0.973. The van der Waals surface area contributed by atoms with Gasteiger partial charge in [-0.15, -0.1) is 0 Å². The minimum absolute atomic E-state index is 0.0888. The quantitative estimate of drug-likeness (QED) is 0.206. The van der Waals surface area contributed by atoms with Crippen molar-refractivity contribution in [3.63, 3.8) is 0 Å². The number of rotatable bonds is 7. The molecule has 0 aromatic carbocycles. The molecular weight excluding hydrogens is 664 g/mol. The van der Waals surface area contributed by atoms with Crippen LogP contribution in [0.25, 0.3) is 0 Å². The number of hydrogen-bond donors (Lipinski definition) is 6. The summed E-state index contributed by atoms with van der Waals surface area (Å²) < 4.78 is 37.3. The van der Waals surface area contributed by atoms with E-state index >= 15 is 0 Å². The molecule has 3 rings (SSSR count). The number of likely N-dealkylation sites (N-methyl/N-ethyl adjacent to an activating group) is 1. The zero-order chi connectivity index (χ0) is 39.0. The van der Waals surface area contributed by atoms with Gasteiger partial charge in [0.25, 0.3) is 0 Å². The summed E-state index contributed by atoms with van der Waals surface area (Å²) in [5.41, 5.74) is 2.20. The maximum atomic E-state index is 14.1. The van der Waals surface area contributed by atoms with E-state index < -0.39 is 108 Å². The molecule has 14 nitrogen and oxygen atoms in total. The van der Waals surface area contributed by atoms with Crippen molar-refractivity contribution in [2.45, 2.75) is 185 Å². The Labute approximate surface area is 305 Å². The van der Waals surface area contributed by atoms with E-state index in [-0.39, 0.29) is 31.4 Å². The van der Waals surface area contributed by atoms with Gasteiger partial charge >= 0.3 is 5.97 Å². The monoisotopic (exact) mass is 734 g/mol. The van der Waals surface area contributed by atoms with Gasteiger partial charge < -0.3 is 64.6 Å². The Morgan fingerprint density at radius 3 is 2.08 bits per heavy atom. The first kappa shape index (κ1) is 44.4. The molecule has 0 bridgehead atoms. The highest BCUT2D eigenvalue weighted by Gasteiger charge is 2.53. The van der Waals surface area contributed by atoms with Crippen molar-refractivity contribution in [1.29, 1.82) is 0 Å². The molecule has 0 aromatic heterocycles. The Balaban J connectivity index is 2.18. The molecular formula is C37H70N2O12. The van der Waals surface area contributed by atoms with Gasteiger partial charge in [-0.2, -0.15) is 0 Å². The van der Waals surface area contributed by atoms with Crippen LogP contribution in [-0.4, -0.2) is 148 Å². The lowest BCUT2D eigenvalue weighted by molar-refractivity contribution is -0.318. The van der Waals surface area contributed by atoms with Crippen molar-refractivity contribution >= 4 is 5.97 Å². The van der Waals surface area contributed by atoms with Gasteiger partial charge in [0.15, 0.2) is 12.6 Å². The van der Waals surface area contributed by atoms with Crippen LogP contribution in [0.3, 0.4) is 0 Å². The minimum atomic E-state index is -1.85. The number of esters is 1. The third-order valence-electron chi connectivity index (χ3n) is 12.2. The molecule has 3 saturated heterocycles. The Morgan fingerprint density at radius 2 is 1.53 bits per heavy atom. The second-order valence-corrected chi connectivity index (χ2v) is 16.8. The predicted octanol–water partition coefficient (Wildman–Crippen LogP) is 1.54. The largest absolute Gasteiger partial charge is 0.459 e. The standard InChI is InChI=1S/C37H70N2O12/c1-14-25-37(10,45)30(41)20(4)27(38)18(2)16-35(8,44)32(51-34-28(40)24(39(11)12)15-19(3)47-34)21(5)29(22(6)33(43)49-25)50-26-17-36(9,46-13)31(42)23(7)48-26/h18-32,34,40-42,44-45H,14-17,38H2,1-13H3/t18-,19-,20+,21+,22-,23+,24+,25?,26+,27+,28-,29?,30-,31+,32-,34+,35-,36-,37-/m1/s1. The van der Waals surface area contributed by atoms with E-state index in [9.17, 15) is 30.3 Å². The summed E-state index contributed by atoms with van der Waals surface area (Å²) in [7, 11) is 5.24. The van der Waals surface area contributed by atoms with E-state index in [2.05, 4.69) is 0 Å². The molecule has 300 valence electrons. The van der Waals surface area contributed by atoms with Gasteiger partial charge in [-0.25, -0.2) is 0 Å². The second-order valence-electron chi connectivity index (χ2n) is 16.8. The fourth-order valence-electron chi connectivity index (χ4n) is 8.63. The lowest BCUT2D eigenvalue weighted by atomic mass is 9.72. The van der Waals surface area contributed by atoms with E-state index in [1.165, 1.54) is 14.0 Å². The summed E-state index contributed by atoms with van der Waals surface area (Å²) in [6.07, 6.45) is -8.68. The number of hydrogen-bond acceptors (Lipinski definition) is 14. The first-order chi connectivity index (χ1) is 23.4. The van der Waals surface area contributed by atoms with Crippen LogP contribution in [0.1, 0.15) is 94.9 Å². The molecule has 3 fully saturated rings. The summed E-state index contributed by atoms with van der Waals surface area (Å²) in [5, 5.41) is 58.0. The highest BCUT2D eigenvalue weighted by atomic mass is 16.7. The molecule has 14 heteroatoms. The van der Waals surface area contributed by atoms with Crippen molar-refractivity contribution in [2.75, 3.05) is 21.2 Å². The van der Waals surface area contributed by atoms with Crippen molar-refractivity contribution in [3.05, 3.63) is 0 Å². The van der Waals surface area contributed by atoms with Gasteiger partial charge in [-0.05, 0) is 80.8 Å². The number of aliphatic hydroxyl groups is 5. The maximum absolute atomic E-state index is 14.1. The first-order valence-electron chi connectivity index (χ1n) is 18.7. The fourth-order valence-corrected chi connectivity index (χ4v) is 8.63. The van der Waals surface area contributed by atoms with Crippen LogP contribution in [0, 0.1) is 23.7 Å². The molecule has 3 heterocycles. The lowest BCUT2D eigenvalue weighted by Gasteiger charge is -2.49. The Bertz CT molecular complexity index is 1130. The SMILES string of the molecule is CCC1OC(=O)[C@H](C)C(O[C@H]2C[C@@](C)(OC)[C@@H](O)[C@H](C)O2)[C@H](C)[C@@H](O[C@@H]2O[C@H](C)C[C@H](N(C)C)[C@H]2O)[C@](C)(O)C[C@@H](C)[C@H](N)[C@H](C)[C@@H](O)[C@]1(C)O. The molecule has 0 aromatic rings. The van der Waals surface area contributed by atoms with Crippen molar-refractivity contribution < 1.29 is 58.7 Å². The number of methoxy groups -OCH3 is 1. The number of ether oxygens (including phenoxy) is 6. The van der Waals surface area contributed by atoms with Crippen LogP contribution in [-0.2, 0) is 33.2 Å². The number of aliphatic hydroxyl groups excluding tert-OH is 3. The van der Waals surface area contributed by atoms with Crippen LogP contribution in [0.4, 0.5) is 0 Å². The van der Waals surface area contributed by atoms with Crippen molar-refractivity contribution in [3.8, 4) is 0 Å². The van der Waals surface area contributed by atoms with Crippen LogP contribution >= 0.6 is 0 Å². The van der Waals surface area contributed by atoms with E-state index in [1.54, 1.807) is 48.5 Å². The number of cyclic esters (lactones) is 1. The first-order valence-corrected chi connectivity index (χ1v) is 18.7.